The van der Waals surface area contributed by atoms with Crippen molar-refractivity contribution in [2.75, 3.05) is 4.90 Å². The molecule has 9 fully saturated rings. The summed E-state index contributed by atoms with van der Waals surface area (Å²) in [6.07, 6.45) is 15.7. The molecule has 3 heteroatoms. The Balaban J connectivity index is 0.909. The van der Waals surface area contributed by atoms with Crippen LogP contribution in [0.25, 0.3) is 43.7 Å². The first-order valence-electron chi connectivity index (χ1n) is 27.0. The van der Waals surface area contributed by atoms with Crippen LogP contribution in [0.1, 0.15) is 132 Å². The third kappa shape index (κ3) is 4.47. The average molecular weight is 873 g/mol. The fraction of sp³-hybridized carbons (Fsp3) is 0.469. The van der Waals surface area contributed by atoms with Gasteiger partial charge in [0.1, 0.15) is 0 Å². The average Bonchev–Trinajstić information content (AvgIpc) is 4.10. The van der Waals surface area contributed by atoms with E-state index in [1.54, 1.807) is 23.1 Å². The van der Waals surface area contributed by atoms with Crippen LogP contribution in [0.15, 0.2) is 91.0 Å². The van der Waals surface area contributed by atoms with Crippen LogP contribution in [-0.2, 0) is 21.7 Å². The second-order valence-corrected chi connectivity index (χ2v) is 27.0. The first kappa shape index (κ1) is 38.1. The van der Waals surface area contributed by atoms with Crippen molar-refractivity contribution in [2.24, 2.45) is 52.8 Å². The first-order valence-corrected chi connectivity index (χ1v) is 27.0. The van der Waals surface area contributed by atoms with Gasteiger partial charge in [0, 0.05) is 38.9 Å². The van der Waals surface area contributed by atoms with Gasteiger partial charge < -0.3 is 9.88 Å². The maximum atomic E-state index is 4.21. The Hall–Kier alpha value is -4.76. The van der Waals surface area contributed by atoms with Crippen LogP contribution in [0, 0.1) is 66.6 Å². The molecule has 3 bridgehead atoms. The highest BCUT2D eigenvalue weighted by atomic mass is 15.2. The van der Waals surface area contributed by atoms with Crippen LogP contribution < -0.4 is 15.8 Å². The molecule has 67 heavy (non-hydrogen) atoms. The number of fused-ring (bicyclic) bond motifs is 8. The maximum Gasteiger partial charge on any atom is 0.198 e. The van der Waals surface area contributed by atoms with Crippen molar-refractivity contribution < 1.29 is 0 Å². The summed E-state index contributed by atoms with van der Waals surface area (Å²) in [5.74, 6) is 7.86. The molecule has 11 aliphatic rings. The largest absolute Gasteiger partial charge is 0.354 e. The van der Waals surface area contributed by atoms with Gasteiger partial charge >= 0.3 is 0 Å². The number of nitrogens with one attached hydrogen (secondary N) is 1. The molecule has 334 valence electrons. The lowest BCUT2D eigenvalue weighted by Gasteiger charge is -2.51. The summed E-state index contributed by atoms with van der Waals surface area (Å²) >= 11 is 0. The predicted molar refractivity (Wildman–Crippen MR) is 280 cm³/mol. The SMILES string of the molecule is Cc1cc(-c2cc(C34CC5CC6CC(C3)C4C65)cc3c2[nH]c2ccc(C45CC6CC7C[C@]6(C4)C7C5)cc23)c2c(c1)N(c1cc3c(cc1C)C(C)(C)CCC3(C)C)c1cc3ccccc3cc1B2. The zero-order valence-corrected chi connectivity index (χ0v) is 40.7. The number of aromatic amines is 1. The van der Waals surface area contributed by atoms with Crippen molar-refractivity contribution in [2.45, 2.75) is 134 Å². The van der Waals surface area contributed by atoms with Gasteiger partial charge in [-0.1, -0.05) is 81.7 Å². The molecule has 2 nitrogen and oxygen atoms in total. The molecule has 6 aromatic carbocycles. The molecule has 18 rings (SSSR count). The fourth-order valence-electron chi connectivity index (χ4n) is 20.3. The minimum Gasteiger partial charge on any atom is -0.354 e. The molecular weight excluding hydrogens is 808 g/mol. The molecule has 1 spiro atoms. The molecule has 2 heterocycles. The zero-order chi connectivity index (χ0) is 44.5. The highest BCUT2D eigenvalue weighted by Crippen LogP contribution is 2.83. The number of nitrogens with zero attached hydrogens (tertiary/aromatic N) is 1. The Morgan fingerprint density at radius 3 is 2.22 bits per heavy atom. The molecule has 0 radical (unpaired) electrons. The van der Waals surface area contributed by atoms with Crippen LogP contribution in [0.3, 0.4) is 0 Å². The molecular formula is C64H65BN2. The van der Waals surface area contributed by atoms with Gasteiger partial charge in [0.05, 0.1) is 5.52 Å². The molecule has 10 unspecified atom stereocenters. The van der Waals surface area contributed by atoms with Crippen LogP contribution in [-0.4, -0.2) is 12.3 Å². The predicted octanol–water partition coefficient (Wildman–Crippen LogP) is 14.3. The molecule has 1 aromatic heterocycles. The summed E-state index contributed by atoms with van der Waals surface area (Å²) in [7, 11) is 0.926. The highest BCUT2D eigenvalue weighted by Gasteiger charge is 2.76. The normalized spacial score (nSPS) is 36.4. The number of rotatable bonds is 4. The monoisotopic (exact) mass is 873 g/mol. The summed E-state index contributed by atoms with van der Waals surface area (Å²) in [5, 5.41) is 5.64. The molecule has 1 N–H and O–H groups in total. The van der Waals surface area contributed by atoms with E-state index >= 15 is 0 Å². The number of hydrogen-bond donors (Lipinski definition) is 1. The minimum absolute atomic E-state index is 0.118. The van der Waals surface area contributed by atoms with Crippen molar-refractivity contribution in [3.8, 4) is 11.1 Å². The highest BCUT2D eigenvalue weighted by molar-refractivity contribution is 6.73. The molecule has 11 atom stereocenters. The molecule has 7 aromatic rings. The summed E-state index contributed by atoms with van der Waals surface area (Å²) in [5.41, 5.74) is 23.4. The molecule has 1 aliphatic heterocycles. The van der Waals surface area contributed by atoms with Gasteiger partial charge in [-0.15, -0.1) is 0 Å². The van der Waals surface area contributed by atoms with Gasteiger partial charge in [-0.2, -0.15) is 0 Å². The van der Waals surface area contributed by atoms with Crippen molar-refractivity contribution >= 4 is 67.8 Å². The third-order valence-electron chi connectivity index (χ3n) is 23.1. The quantitative estimate of drug-likeness (QED) is 0.175. The van der Waals surface area contributed by atoms with Crippen LogP contribution in [0.4, 0.5) is 17.1 Å². The van der Waals surface area contributed by atoms with E-state index in [9.17, 15) is 0 Å². The van der Waals surface area contributed by atoms with E-state index in [-0.39, 0.29) is 10.8 Å². The number of H-pyrrole nitrogens is 1. The Bertz CT molecular complexity index is 3440. The number of benzene rings is 6. The maximum absolute atomic E-state index is 4.21. The smallest absolute Gasteiger partial charge is 0.198 e. The Labute approximate surface area is 397 Å². The van der Waals surface area contributed by atoms with Gasteiger partial charge in [0.2, 0.25) is 0 Å². The van der Waals surface area contributed by atoms with Crippen molar-refractivity contribution in [1.29, 1.82) is 0 Å². The second-order valence-electron chi connectivity index (χ2n) is 27.0. The van der Waals surface area contributed by atoms with Crippen LogP contribution in [0.5, 0.6) is 0 Å². The summed E-state index contributed by atoms with van der Waals surface area (Å²) in [6.45, 7) is 14.7. The van der Waals surface area contributed by atoms with Gasteiger partial charge in [-0.3, -0.25) is 0 Å². The van der Waals surface area contributed by atoms with Gasteiger partial charge in [0.15, 0.2) is 7.28 Å². The molecule has 0 amide bonds. The van der Waals surface area contributed by atoms with E-state index in [4.69, 9.17) is 0 Å². The zero-order valence-electron chi connectivity index (χ0n) is 40.7. The lowest BCUT2D eigenvalue weighted by atomic mass is 9.53. The first-order chi connectivity index (χ1) is 32.3. The third-order valence-corrected chi connectivity index (χ3v) is 23.1. The van der Waals surface area contributed by atoms with E-state index in [0.717, 1.165) is 54.6 Å². The van der Waals surface area contributed by atoms with Crippen molar-refractivity contribution in [3.63, 3.8) is 0 Å². The lowest BCUT2D eigenvalue weighted by molar-refractivity contribution is 0.0381. The van der Waals surface area contributed by atoms with E-state index in [1.807, 2.05) is 0 Å². The van der Waals surface area contributed by atoms with E-state index in [1.165, 1.54) is 153 Å². The van der Waals surface area contributed by atoms with Crippen LogP contribution in [0.2, 0.25) is 0 Å². The number of aromatic nitrogens is 1. The Morgan fingerprint density at radius 2 is 1.40 bits per heavy atom. The lowest BCUT2D eigenvalue weighted by Crippen LogP contribution is -2.47. The number of anilines is 3. The fourth-order valence-corrected chi connectivity index (χ4v) is 20.3. The summed E-state index contributed by atoms with van der Waals surface area (Å²) in [4.78, 5) is 6.94. The summed E-state index contributed by atoms with van der Waals surface area (Å²) in [6, 6.07) is 37.9. The van der Waals surface area contributed by atoms with Gasteiger partial charge in [-0.25, -0.2) is 0 Å². The Kier molecular flexibility index (Phi) is 6.72. The molecule has 10 aliphatic carbocycles. The van der Waals surface area contributed by atoms with Crippen LogP contribution >= 0.6 is 0 Å². The molecule has 9 saturated carbocycles. The Morgan fingerprint density at radius 1 is 0.627 bits per heavy atom. The number of aryl methyl sites for hydroxylation is 2. The molecule has 0 saturated heterocycles. The second kappa shape index (κ2) is 11.8. The standard InChI is InChI=1S/C64H65BN2/c1-33-15-45(58-55(16-33)67(54-22-36-10-8-7-9-35(36)21-51(54)65-58)53-26-49-48(17-34(53)2)60(3,4)13-14-61(49,5)6)47-25-42(63-28-39-18-37-19-40(29-63)57(63)56(37)39)24-46-44-23-41(11-12-52(44)66-59(46)47)62-30-43-20-38-27-64(43,32-62)50(38)31-62/h7-12,15-17,21-26,37-40,43,50,56-57,65-66H,13-14,18-20,27-32H2,1-6H3/t37?,38?,39?,40?,43?,50?,56?,57?,62?,63?,64-/m1/s1. The van der Waals surface area contributed by atoms with Crippen molar-refractivity contribution in [3.05, 3.63) is 124 Å². The van der Waals surface area contributed by atoms with E-state index < -0.39 is 0 Å². The number of hydrogen-bond acceptors (Lipinski definition) is 1. The van der Waals surface area contributed by atoms with Gasteiger partial charge in [-0.05, 0) is 257 Å². The van der Waals surface area contributed by atoms with Crippen molar-refractivity contribution in [1.82, 2.24) is 4.98 Å². The van der Waals surface area contributed by atoms with E-state index in [2.05, 4.69) is 142 Å². The summed E-state index contributed by atoms with van der Waals surface area (Å²) < 4.78 is 0. The van der Waals surface area contributed by atoms with E-state index in [0.29, 0.717) is 16.2 Å². The topological polar surface area (TPSA) is 19.0 Å². The van der Waals surface area contributed by atoms with Gasteiger partial charge in [0.25, 0.3) is 0 Å². The minimum atomic E-state index is 0.118.